The van der Waals surface area contributed by atoms with E-state index in [1.807, 2.05) is 44.2 Å². The number of hydrogen-bond donors (Lipinski definition) is 2. The van der Waals surface area contributed by atoms with Crippen LogP contribution in [0.25, 0.3) is 10.9 Å². The van der Waals surface area contributed by atoms with Gasteiger partial charge in [0.1, 0.15) is 6.04 Å². The summed E-state index contributed by atoms with van der Waals surface area (Å²) in [5.41, 5.74) is 2.01. The molecule has 0 radical (unpaired) electrons. The fraction of sp³-hybridized carbons (Fsp3) is 0.333. The smallest absolute Gasteiger partial charge is 0.320 e. The molecule has 0 aliphatic rings. The number of carbonyl (C=O) groups is 1. The molecular formula is C15H18N2O2. The zero-order chi connectivity index (χ0) is 13.8. The van der Waals surface area contributed by atoms with Crippen LogP contribution in [0.3, 0.4) is 0 Å². The quantitative estimate of drug-likeness (QED) is 0.864. The molecule has 0 unspecified atom stereocenters. The predicted molar refractivity (Wildman–Crippen MR) is 74.8 cm³/mol. The van der Waals surface area contributed by atoms with Crippen molar-refractivity contribution in [3.63, 3.8) is 0 Å². The van der Waals surface area contributed by atoms with E-state index in [9.17, 15) is 4.79 Å². The number of pyridine rings is 1. The van der Waals surface area contributed by atoms with Gasteiger partial charge < -0.3 is 10.4 Å². The molecule has 0 bridgehead atoms. The Bertz CT molecular complexity index is 581. The van der Waals surface area contributed by atoms with Crippen LogP contribution in [0.4, 0.5) is 0 Å². The molecular weight excluding hydrogens is 240 g/mol. The van der Waals surface area contributed by atoms with Gasteiger partial charge in [0.15, 0.2) is 0 Å². The predicted octanol–water partition coefficient (Wildman–Crippen LogP) is 2.43. The maximum absolute atomic E-state index is 11.1. The van der Waals surface area contributed by atoms with Gasteiger partial charge in [-0.2, -0.15) is 0 Å². The lowest BCUT2D eigenvalue weighted by Gasteiger charge is -2.18. The number of benzene rings is 1. The first-order chi connectivity index (χ1) is 9.08. The fourth-order valence-corrected chi connectivity index (χ4v) is 2.07. The number of rotatable bonds is 5. The zero-order valence-electron chi connectivity index (χ0n) is 11.1. The van der Waals surface area contributed by atoms with E-state index in [1.165, 1.54) is 0 Å². The van der Waals surface area contributed by atoms with Crippen molar-refractivity contribution in [2.75, 3.05) is 0 Å². The van der Waals surface area contributed by atoms with Gasteiger partial charge in [-0.25, -0.2) is 0 Å². The highest BCUT2D eigenvalue weighted by atomic mass is 16.4. The summed E-state index contributed by atoms with van der Waals surface area (Å²) >= 11 is 0. The van der Waals surface area contributed by atoms with E-state index < -0.39 is 12.0 Å². The Balaban J connectivity index is 2.11. The summed E-state index contributed by atoms with van der Waals surface area (Å²) in [6.45, 7) is 4.34. The first kappa shape index (κ1) is 13.5. The molecule has 0 aliphatic heterocycles. The Morgan fingerprint density at radius 2 is 2.16 bits per heavy atom. The lowest BCUT2D eigenvalue weighted by molar-refractivity contribution is -0.140. The summed E-state index contributed by atoms with van der Waals surface area (Å²) in [5, 5.41) is 13.3. The van der Waals surface area contributed by atoms with Crippen molar-refractivity contribution in [3.05, 3.63) is 42.1 Å². The second kappa shape index (κ2) is 5.80. The molecule has 0 saturated carbocycles. The van der Waals surface area contributed by atoms with Crippen LogP contribution in [0, 0.1) is 5.92 Å². The van der Waals surface area contributed by atoms with Gasteiger partial charge >= 0.3 is 5.97 Å². The van der Waals surface area contributed by atoms with Crippen LogP contribution in [0.2, 0.25) is 0 Å². The summed E-state index contributed by atoms with van der Waals surface area (Å²) in [5.74, 6) is -0.753. The topological polar surface area (TPSA) is 62.2 Å². The first-order valence-electron chi connectivity index (χ1n) is 6.38. The van der Waals surface area contributed by atoms with Crippen molar-refractivity contribution in [3.8, 4) is 0 Å². The maximum Gasteiger partial charge on any atom is 0.320 e. The van der Waals surface area contributed by atoms with E-state index in [2.05, 4.69) is 10.3 Å². The van der Waals surface area contributed by atoms with E-state index in [0.717, 1.165) is 16.5 Å². The summed E-state index contributed by atoms with van der Waals surface area (Å²) < 4.78 is 0. The largest absolute Gasteiger partial charge is 0.480 e. The van der Waals surface area contributed by atoms with E-state index in [0.29, 0.717) is 6.54 Å². The van der Waals surface area contributed by atoms with E-state index >= 15 is 0 Å². The molecule has 0 saturated heterocycles. The number of nitrogens with one attached hydrogen (secondary N) is 1. The second-order valence-electron chi connectivity index (χ2n) is 4.97. The Hall–Kier alpha value is -1.94. The molecule has 0 aliphatic carbocycles. The fourth-order valence-electron chi connectivity index (χ4n) is 2.07. The van der Waals surface area contributed by atoms with Crippen molar-refractivity contribution < 1.29 is 9.90 Å². The van der Waals surface area contributed by atoms with Crippen molar-refractivity contribution in [1.82, 2.24) is 10.3 Å². The minimum Gasteiger partial charge on any atom is -0.480 e. The monoisotopic (exact) mass is 258 g/mol. The molecule has 1 heterocycles. The number of carboxylic acid groups (broad SMARTS) is 1. The lowest BCUT2D eigenvalue weighted by atomic mass is 10.0. The third kappa shape index (κ3) is 3.29. The van der Waals surface area contributed by atoms with Crippen LogP contribution in [0.5, 0.6) is 0 Å². The third-order valence-corrected chi connectivity index (χ3v) is 3.13. The minimum absolute atomic E-state index is 0.0552. The summed E-state index contributed by atoms with van der Waals surface area (Å²) in [7, 11) is 0. The SMILES string of the molecule is CC(C)[C@@H](NCc1ccc2ncccc2c1)C(=O)O. The molecule has 0 amide bonds. The number of nitrogens with zero attached hydrogens (tertiary/aromatic N) is 1. The van der Waals surface area contributed by atoms with Gasteiger partial charge in [-0.3, -0.25) is 9.78 Å². The minimum atomic E-state index is -0.808. The second-order valence-corrected chi connectivity index (χ2v) is 4.97. The van der Waals surface area contributed by atoms with Gasteiger partial charge in [0.2, 0.25) is 0 Å². The van der Waals surface area contributed by atoms with Gasteiger partial charge in [-0.05, 0) is 29.7 Å². The zero-order valence-corrected chi connectivity index (χ0v) is 11.1. The molecule has 4 nitrogen and oxygen atoms in total. The molecule has 1 aromatic heterocycles. The normalized spacial score (nSPS) is 12.8. The summed E-state index contributed by atoms with van der Waals surface area (Å²) in [6, 6.07) is 9.34. The molecule has 1 aromatic carbocycles. The average Bonchev–Trinajstić information content (AvgIpc) is 2.38. The van der Waals surface area contributed by atoms with E-state index in [-0.39, 0.29) is 5.92 Å². The summed E-state index contributed by atoms with van der Waals surface area (Å²) in [4.78, 5) is 15.4. The van der Waals surface area contributed by atoms with Crippen LogP contribution >= 0.6 is 0 Å². The number of fused-ring (bicyclic) bond motifs is 1. The van der Waals surface area contributed by atoms with E-state index in [1.54, 1.807) is 6.20 Å². The highest BCUT2D eigenvalue weighted by molar-refractivity contribution is 5.79. The van der Waals surface area contributed by atoms with Crippen molar-refractivity contribution >= 4 is 16.9 Å². The molecule has 4 heteroatoms. The number of carboxylic acids is 1. The Morgan fingerprint density at radius 3 is 2.84 bits per heavy atom. The standard InChI is InChI=1S/C15H18N2O2/c1-10(2)14(15(18)19)17-9-11-5-6-13-12(8-11)4-3-7-16-13/h3-8,10,14,17H,9H2,1-2H3,(H,18,19)/t14-/m1/s1. The van der Waals surface area contributed by atoms with Crippen molar-refractivity contribution in [2.24, 2.45) is 5.92 Å². The van der Waals surface area contributed by atoms with Crippen LogP contribution in [0.1, 0.15) is 19.4 Å². The molecule has 0 fully saturated rings. The third-order valence-electron chi connectivity index (χ3n) is 3.13. The highest BCUT2D eigenvalue weighted by Gasteiger charge is 2.20. The molecule has 100 valence electrons. The Kier molecular flexibility index (Phi) is 4.12. The molecule has 19 heavy (non-hydrogen) atoms. The van der Waals surface area contributed by atoms with Gasteiger partial charge in [-0.15, -0.1) is 0 Å². The Morgan fingerprint density at radius 1 is 1.37 bits per heavy atom. The van der Waals surface area contributed by atoms with Gasteiger partial charge in [0.25, 0.3) is 0 Å². The Labute approximate surface area is 112 Å². The molecule has 0 spiro atoms. The summed E-state index contributed by atoms with van der Waals surface area (Å²) in [6.07, 6.45) is 1.76. The number of aromatic nitrogens is 1. The van der Waals surface area contributed by atoms with Gasteiger partial charge in [-0.1, -0.05) is 26.0 Å². The van der Waals surface area contributed by atoms with Gasteiger partial charge in [0.05, 0.1) is 5.52 Å². The van der Waals surface area contributed by atoms with Crippen LogP contribution < -0.4 is 5.32 Å². The number of hydrogen-bond acceptors (Lipinski definition) is 3. The van der Waals surface area contributed by atoms with Crippen molar-refractivity contribution in [2.45, 2.75) is 26.4 Å². The van der Waals surface area contributed by atoms with Crippen LogP contribution in [-0.4, -0.2) is 22.1 Å². The first-order valence-corrected chi connectivity index (χ1v) is 6.38. The van der Waals surface area contributed by atoms with Gasteiger partial charge in [0, 0.05) is 18.1 Å². The van der Waals surface area contributed by atoms with Crippen LogP contribution in [0.15, 0.2) is 36.5 Å². The maximum atomic E-state index is 11.1. The van der Waals surface area contributed by atoms with E-state index in [4.69, 9.17) is 5.11 Å². The molecule has 2 N–H and O–H groups in total. The molecule has 1 atom stereocenters. The lowest BCUT2D eigenvalue weighted by Crippen LogP contribution is -2.40. The highest BCUT2D eigenvalue weighted by Crippen LogP contribution is 2.13. The average molecular weight is 258 g/mol. The van der Waals surface area contributed by atoms with Crippen molar-refractivity contribution in [1.29, 1.82) is 0 Å². The molecule has 2 aromatic rings. The van der Waals surface area contributed by atoms with Crippen LogP contribution in [-0.2, 0) is 11.3 Å². The number of aliphatic carboxylic acids is 1. The molecule has 2 rings (SSSR count).